The van der Waals surface area contributed by atoms with E-state index in [0.717, 1.165) is 7.11 Å². The van der Waals surface area contributed by atoms with Crippen LogP contribution >= 0.6 is 0 Å². The van der Waals surface area contributed by atoms with Crippen LogP contribution in [0.25, 0.3) is 0 Å². The zero-order chi connectivity index (χ0) is 21.4. The molecule has 0 spiro atoms. The van der Waals surface area contributed by atoms with Crippen molar-refractivity contribution < 1.29 is 49.4 Å². The predicted molar refractivity (Wildman–Crippen MR) is 87.1 cm³/mol. The normalized spacial score (nSPS) is 6.44. The molecule has 2 heterocycles. The van der Waals surface area contributed by atoms with E-state index >= 15 is 0 Å². The molecule has 0 amide bonds. The number of carbonyl (C=O) groups excluding carboxylic acids is 1. The summed E-state index contributed by atoms with van der Waals surface area (Å²) < 4.78 is 22.5. The van der Waals surface area contributed by atoms with Crippen molar-refractivity contribution in [1.29, 1.82) is 0 Å². The Morgan fingerprint density at radius 3 is 1.63 bits per heavy atom. The Labute approximate surface area is 171 Å². The first-order valence-corrected chi connectivity index (χ1v) is 6.37. The van der Waals surface area contributed by atoms with Crippen molar-refractivity contribution in [3.05, 3.63) is 74.6 Å². The molecule has 0 aliphatic carbocycles. The maximum absolute atomic E-state index is 10.0. The van der Waals surface area contributed by atoms with Gasteiger partial charge in [0.05, 0.1) is 11.7 Å². The van der Waals surface area contributed by atoms with Gasteiger partial charge in [-0.2, -0.15) is 0 Å². The molecule has 2 aromatic heterocycles. The van der Waals surface area contributed by atoms with Crippen molar-refractivity contribution in [2.45, 2.75) is 0 Å². The number of hydrogen-bond donors (Lipinski definition) is 1. The molecule has 0 aliphatic heterocycles. The number of carbonyl (C=O) groups is 1. The Bertz CT molecular complexity index is 590. The van der Waals surface area contributed by atoms with Crippen LogP contribution in [0.5, 0.6) is 0 Å². The topological polar surface area (TPSA) is 149 Å². The van der Waals surface area contributed by atoms with E-state index < -0.39 is 5.97 Å². The van der Waals surface area contributed by atoms with Crippen LogP contribution < -0.4 is 10.0 Å². The van der Waals surface area contributed by atoms with Gasteiger partial charge in [0.25, 0.3) is 0 Å². The fraction of sp³-hybridized carbons (Fsp3) is 0.176. The minimum absolute atomic E-state index is 0. The fourth-order valence-electron chi connectivity index (χ4n) is 1.13. The van der Waals surface area contributed by atoms with Crippen LogP contribution in [-0.2, 0) is 34.4 Å². The van der Waals surface area contributed by atoms with Gasteiger partial charge in [-0.3, -0.25) is 9.97 Å². The molecule has 1 radical (unpaired) electrons. The smallest absolute Gasteiger partial charge is 0 e. The van der Waals surface area contributed by atoms with Crippen LogP contribution in [0.4, 0.5) is 5.69 Å². The van der Waals surface area contributed by atoms with Gasteiger partial charge >= 0.3 is 33.9 Å². The second-order valence-corrected chi connectivity index (χ2v) is 3.60. The number of rotatable bonds is 2. The first-order chi connectivity index (χ1) is 12.6. The quantitative estimate of drug-likeness (QED) is 0.417. The van der Waals surface area contributed by atoms with Crippen molar-refractivity contribution in [2.75, 3.05) is 26.1 Å². The molecule has 27 heavy (non-hydrogen) atoms. The molecule has 0 saturated heterocycles. The second-order valence-electron chi connectivity index (χ2n) is 3.60. The van der Waals surface area contributed by atoms with Crippen molar-refractivity contribution in [3.8, 4) is 0 Å². The minimum Gasteiger partial charge on any atom is 0 e. The molecule has 1 N–H and O–H groups in total. The van der Waals surface area contributed by atoms with Crippen LogP contribution in [0.2, 0.25) is 0 Å². The number of anilines is 1. The third kappa shape index (κ3) is 23.4. The third-order valence-electron chi connectivity index (χ3n) is 2.05. The minimum atomic E-state index is -1.24. The van der Waals surface area contributed by atoms with Crippen LogP contribution in [0.3, 0.4) is 0 Å². The van der Waals surface area contributed by atoms with Crippen LogP contribution in [0, 0.1) is 20.0 Å². The molecule has 2 aromatic rings. The van der Waals surface area contributed by atoms with Gasteiger partial charge in [-0.05, 0) is 24.3 Å². The number of pyridine rings is 2. The summed E-state index contributed by atoms with van der Waals surface area (Å²) >= 11 is 0. The molecule has 10 heteroatoms. The van der Waals surface area contributed by atoms with Crippen molar-refractivity contribution in [2.24, 2.45) is 0 Å². The average Bonchev–Trinajstić information content (AvgIpc) is 2.75. The number of carboxylic acids is 1. The number of carboxylic acid groups (broad SMARTS) is 1. The van der Waals surface area contributed by atoms with E-state index in [2.05, 4.69) is 29.9 Å². The van der Waals surface area contributed by atoms with Gasteiger partial charge in [-0.25, -0.2) is 0 Å². The summed E-state index contributed by atoms with van der Waals surface area (Å²) in [7, 11) is 5.02. The van der Waals surface area contributed by atoms with Gasteiger partial charge in [-0.15, -0.1) is 0 Å². The fourth-order valence-corrected chi connectivity index (χ4v) is 1.13. The Hall–Kier alpha value is -2.59. The van der Waals surface area contributed by atoms with Crippen molar-refractivity contribution >= 4 is 11.7 Å². The summed E-state index contributed by atoms with van der Waals surface area (Å²) in [6.45, 7) is 13.5. The molecule has 0 aromatic carbocycles. The monoisotopic (exact) mass is 547 g/mol. The van der Waals surface area contributed by atoms with E-state index in [-0.39, 0.29) is 26.1 Å². The Morgan fingerprint density at radius 1 is 0.963 bits per heavy atom. The molecular formula is C17H18N3O6Re-. The number of aliphatic hydroxyl groups is 1. The summed E-state index contributed by atoms with van der Waals surface area (Å²) in [6.07, 6.45) is 4.98. The van der Waals surface area contributed by atoms with Gasteiger partial charge in [0.2, 0.25) is 0 Å². The average molecular weight is 547 g/mol. The van der Waals surface area contributed by atoms with E-state index in [1.165, 1.54) is 18.0 Å². The molecule has 0 bridgehead atoms. The molecule has 0 unspecified atom stereocenters. The van der Waals surface area contributed by atoms with Crippen molar-refractivity contribution in [3.63, 3.8) is 0 Å². The Morgan fingerprint density at radius 2 is 1.41 bits per heavy atom. The second kappa shape index (κ2) is 31.2. The zero-order valence-electron chi connectivity index (χ0n) is 14.8. The molecule has 0 fully saturated rings. The summed E-state index contributed by atoms with van der Waals surface area (Å²) in [6, 6.07) is 8.57. The van der Waals surface area contributed by atoms with Gasteiger partial charge in [0.15, 0.2) is 0 Å². The Kier molecular flexibility index (Phi) is 41.0. The van der Waals surface area contributed by atoms with Crippen LogP contribution in [0.15, 0.2) is 48.9 Å². The standard InChI is InChI=1S/C7H10N2.C6H5NO2.CH4O.3CO.Re/c1-9(2)7-3-5-8-6-4-7;8-6(9)5-3-1-2-4-7-5;4*1-2;/h3-6H,1-2H3;1-4H,(H,8,9);2H,1H3;;;;/p-1. The summed E-state index contributed by atoms with van der Waals surface area (Å²) in [5, 5.41) is 17.0. The van der Waals surface area contributed by atoms with E-state index in [1.807, 2.05) is 31.1 Å². The summed E-state index contributed by atoms with van der Waals surface area (Å²) in [5.74, 6) is -1.24. The predicted octanol–water partition coefficient (Wildman–Crippen LogP) is 0.0862. The molecule has 9 nitrogen and oxygen atoms in total. The number of aliphatic hydroxyl groups excluding tert-OH is 1. The van der Waals surface area contributed by atoms with Gasteiger partial charge in [-0.1, -0.05) is 6.07 Å². The first kappa shape index (κ1) is 35.5. The number of hydrogen-bond acceptors (Lipinski definition) is 6. The number of aromatic carboxylic acids is 1. The van der Waals surface area contributed by atoms with E-state index in [9.17, 15) is 9.90 Å². The SMILES string of the molecule is CN(C)c1ccncc1.CO.O=C([O-])c1ccccn1.[C-]#[O+].[C-]#[O+].[C-]#[O+].[Re]. The molecule has 0 aliphatic rings. The number of aromatic nitrogens is 2. The molecule has 0 atom stereocenters. The van der Waals surface area contributed by atoms with Gasteiger partial charge in [0, 0.05) is 65.9 Å². The molecule has 0 saturated carbocycles. The summed E-state index contributed by atoms with van der Waals surface area (Å²) in [4.78, 5) is 19.5. The largest absolute Gasteiger partial charge is 0 e. The first-order valence-electron chi connectivity index (χ1n) is 6.37. The van der Waals surface area contributed by atoms with E-state index in [1.54, 1.807) is 24.5 Å². The van der Waals surface area contributed by atoms with E-state index in [4.69, 9.17) is 19.1 Å². The maximum atomic E-state index is 10.0. The third-order valence-corrected chi connectivity index (χ3v) is 2.05. The van der Waals surface area contributed by atoms with Crippen LogP contribution in [0.1, 0.15) is 10.5 Å². The zero-order valence-corrected chi connectivity index (χ0v) is 17.5. The maximum Gasteiger partial charge on any atom is 0 e. The summed E-state index contributed by atoms with van der Waals surface area (Å²) in [5.41, 5.74) is 1.16. The molecule has 145 valence electrons. The van der Waals surface area contributed by atoms with E-state index in [0.29, 0.717) is 0 Å². The van der Waals surface area contributed by atoms with Crippen molar-refractivity contribution in [1.82, 2.24) is 9.97 Å². The Balaban J connectivity index is -0.0000000851. The molecule has 2 rings (SSSR count). The van der Waals surface area contributed by atoms with Gasteiger partial charge in [0.1, 0.15) is 0 Å². The van der Waals surface area contributed by atoms with Crippen LogP contribution in [-0.4, -0.2) is 42.2 Å². The number of nitrogens with zero attached hydrogens (tertiary/aromatic N) is 3. The van der Waals surface area contributed by atoms with Gasteiger partial charge < -0.3 is 19.9 Å². The molecular weight excluding hydrogens is 528 g/mol.